The predicted molar refractivity (Wildman–Crippen MR) is 75.8 cm³/mol. The lowest BCUT2D eigenvalue weighted by atomic mass is 10.1. The van der Waals surface area contributed by atoms with Crippen molar-refractivity contribution in [2.45, 2.75) is 19.9 Å². The molecule has 0 saturated carbocycles. The maximum Gasteiger partial charge on any atom is 0.272 e. The monoisotopic (exact) mass is 290 g/mol. The molecule has 1 atom stereocenters. The molecule has 0 fully saturated rings. The lowest BCUT2D eigenvalue weighted by Crippen LogP contribution is -2.30. The molecule has 0 aliphatic heterocycles. The van der Waals surface area contributed by atoms with E-state index in [1.807, 2.05) is 0 Å². The molecule has 0 spiro atoms. The normalized spacial score (nSPS) is 12.0. The van der Waals surface area contributed by atoms with Gasteiger partial charge in [0.2, 0.25) is 0 Å². The molecule has 1 unspecified atom stereocenters. The minimum atomic E-state index is -0.922. The quantitative estimate of drug-likeness (QED) is 0.866. The first-order valence-corrected chi connectivity index (χ1v) is 6.56. The minimum absolute atomic E-state index is 0.268. The van der Waals surface area contributed by atoms with Crippen LogP contribution in [0.2, 0.25) is 0 Å². The van der Waals surface area contributed by atoms with E-state index in [1.54, 1.807) is 39.1 Å². The Morgan fingerprint density at radius 1 is 1.19 bits per heavy atom. The lowest BCUT2D eigenvalue weighted by Gasteiger charge is -2.25. The summed E-state index contributed by atoms with van der Waals surface area (Å²) in [6.07, 6.45) is 0. The van der Waals surface area contributed by atoms with Crippen LogP contribution >= 0.6 is 0 Å². The number of benzene rings is 1. The molecule has 3 nitrogen and oxygen atoms in total. The average Bonchev–Trinajstić information content (AvgIpc) is 2.47. The van der Waals surface area contributed by atoms with Gasteiger partial charge in [0, 0.05) is 12.7 Å². The van der Waals surface area contributed by atoms with Crippen molar-refractivity contribution >= 4 is 5.91 Å². The number of aromatic nitrogens is 1. The number of hydrogen-bond acceptors (Lipinski definition) is 2. The largest absolute Gasteiger partial charge is 0.334 e. The van der Waals surface area contributed by atoms with Gasteiger partial charge >= 0.3 is 0 Å². The molecule has 0 aliphatic carbocycles. The second kappa shape index (κ2) is 5.99. The maximum absolute atomic E-state index is 13.3. The van der Waals surface area contributed by atoms with E-state index < -0.39 is 17.7 Å². The van der Waals surface area contributed by atoms with Gasteiger partial charge in [-0.3, -0.25) is 4.79 Å². The van der Waals surface area contributed by atoms with Gasteiger partial charge in [0.1, 0.15) is 5.69 Å². The third kappa shape index (κ3) is 3.24. The van der Waals surface area contributed by atoms with Gasteiger partial charge in [-0.05, 0) is 43.7 Å². The van der Waals surface area contributed by atoms with Crippen LogP contribution in [0.5, 0.6) is 0 Å². The number of nitrogens with zero attached hydrogens (tertiary/aromatic N) is 2. The number of carbonyl (C=O) groups is 1. The van der Waals surface area contributed by atoms with Gasteiger partial charge < -0.3 is 4.90 Å². The number of amides is 1. The molecule has 0 saturated heterocycles. The predicted octanol–water partition coefficient (Wildman–Crippen LogP) is 3.50. The summed E-state index contributed by atoms with van der Waals surface area (Å²) < 4.78 is 26.3. The van der Waals surface area contributed by atoms with Crippen molar-refractivity contribution in [3.8, 4) is 0 Å². The first-order valence-electron chi connectivity index (χ1n) is 6.56. The third-order valence-electron chi connectivity index (χ3n) is 3.43. The summed E-state index contributed by atoms with van der Waals surface area (Å²) in [5.74, 6) is -2.09. The van der Waals surface area contributed by atoms with Gasteiger partial charge in [-0.15, -0.1) is 0 Å². The number of aryl methyl sites for hydroxylation is 1. The molecule has 2 rings (SSSR count). The fraction of sp³-hybridized carbons (Fsp3) is 0.250. The van der Waals surface area contributed by atoms with Crippen molar-refractivity contribution in [1.82, 2.24) is 9.88 Å². The summed E-state index contributed by atoms with van der Waals surface area (Å²) in [5.41, 5.74) is 1.60. The van der Waals surface area contributed by atoms with Crippen molar-refractivity contribution < 1.29 is 13.6 Å². The Morgan fingerprint density at radius 3 is 2.52 bits per heavy atom. The van der Waals surface area contributed by atoms with Crippen molar-refractivity contribution in [3.05, 3.63) is 65.0 Å². The van der Waals surface area contributed by atoms with Crippen molar-refractivity contribution in [2.75, 3.05) is 7.05 Å². The van der Waals surface area contributed by atoms with E-state index in [0.29, 0.717) is 11.3 Å². The highest BCUT2D eigenvalue weighted by molar-refractivity contribution is 5.92. The van der Waals surface area contributed by atoms with E-state index in [-0.39, 0.29) is 5.91 Å². The van der Waals surface area contributed by atoms with E-state index in [4.69, 9.17) is 0 Å². The van der Waals surface area contributed by atoms with Gasteiger partial charge in [-0.2, -0.15) is 0 Å². The molecular weight excluding hydrogens is 274 g/mol. The molecule has 1 aromatic heterocycles. The first-order chi connectivity index (χ1) is 9.90. The molecule has 21 heavy (non-hydrogen) atoms. The topological polar surface area (TPSA) is 33.2 Å². The SMILES string of the molecule is Cc1cccc(C(=O)N(C)C(C)c2ccc(F)c(F)c2)n1. The van der Waals surface area contributed by atoms with E-state index in [1.165, 1.54) is 11.0 Å². The van der Waals surface area contributed by atoms with Crippen LogP contribution in [0.25, 0.3) is 0 Å². The van der Waals surface area contributed by atoms with Gasteiger partial charge in [-0.1, -0.05) is 12.1 Å². The van der Waals surface area contributed by atoms with Crippen LogP contribution in [0.3, 0.4) is 0 Å². The lowest BCUT2D eigenvalue weighted by molar-refractivity contribution is 0.0736. The highest BCUT2D eigenvalue weighted by atomic mass is 19.2. The van der Waals surface area contributed by atoms with Crippen LogP contribution in [0.4, 0.5) is 8.78 Å². The van der Waals surface area contributed by atoms with Gasteiger partial charge in [-0.25, -0.2) is 13.8 Å². The summed E-state index contributed by atoms with van der Waals surface area (Å²) in [6, 6.07) is 8.43. The Labute approximate surface area is 122 Å². The van der Waals surface area contributed by atoms with Crippen molar-refractivity contribution in [1.29, 1.82) is 0 Å². The molecule has 0 aliphatic rings. The fourth-order valence-corrected chi connectivity index (χ4v) is 2.01. The smallest absolute Gasteiger partial charge is 0.272 e. The summed E-state index contributed by atoms with van der Waals surface area (Å²) in [5, 5.41) is 0. The van der Waals surface area contributed by atoms with Gasteiger partial charge in [0.15, 0.2) is 11.6 Å². The zero-order valence-electron chi connectivity index (χ0n) is 12.1. The minimum Gasteiger partial charge on any atom is -0.334 e. The van der Waals surface area contributed by atoms with Crippen molar-refractivity contribution in [3.63, 3.8) is 0 Å². The number of pyridine rings is 1. The zero-order chi connectivity index (χ0) is 15.6. The van der Waals surface area contributed by atoms with Crippen molar-refractivity contribution in [2.24, 2.45) is 0 Å². The van der Waals surface area contributed by atoms with Crippen LogP contribution in [0.1, 0.15) is 34.7 Å². The Morgan fingerprint density at radius 2 is 1.90 bits per heavy atom. The molecule has 0 N–H and O–H groups in total. The van der Waals surface area contributed by atoms with E-state index in [0.717, 1.165) is 17.8 Å². The standard InChI is InChI=1S/C16H16F2N2O/c1-10-5-4-6-15(19-10)16(21)20(3)11(2)12-7-8-13(17)14(18)9-12/h4-9,11H,1-3H3. The second-order valence-electron chi connectivity index (χ2n) is 4.93. The average molecular weight is 290 g/mol. The molecule has 5 heteroatoms. The first kappa shape index (κ1) is 15.1. The van der Waals surface area contributed by atoms with Crippen LogP contribution in [0, 0.1) is 18.6 Å². The molecule has 0 radical (unpaired) electrons. The van der Waals surface area contributed by atoms with Crippen LogP contribution in [0.15, 0.2) is 36.4 Å². The number of hydrogen-bond donors (Lipinski definition) is 0. The Hall–Kier alpha value is -2.30. The highest BCUT2D eigenvalue weighted by Crippen LogP contribution is 2.22. The molecule has 110 valence electrons. The molecule has 0 bridgehead atoms. The molecular formula is C16H16F2N2O. The summed E-state index contributed by atoms with van der Waals surface area (Å²) in [4.78, 5) is 18.0. The molecule has 1 aromatic carbocycles. The van der Waals surface area contributed by atoms with Crippen LogP contribution in [-0.4, -0.2) is 22.8 Å². The van der Waals surface area contributed by atoms with Gasteiger partial charge in [0.25, 0.3) is 5.91 Å². The third-order valence-corrected chi connectivity index (χ3v) is 3.43. The molecule has 1 heterocycles. The number of halogens is 2. The number of rotatable bonds is 3. The van der Waals surface area contributed by atoms with E-state index in [2.05, 4.69) is 4.98 Å². The summed E-state index contributed by atoms with van der Waals surface area (Å²) >= 11 is 0. The second-order valence-corrected chi connectivity index (χ2v) is 4.93. The Kier molecular flexibility index (Phi) is 4.31. The van der Waals surface area contributed by atoms with E-state index >= 15 is 0 Å². The number of carbonyl (C=O) groups excluding carboxylic acids is 1. The van der Waals surface area contributed by atoms with Crippen LogP contribution < -0.4 is 0 Å². The van der Waals surface area contributed by atoms with Crippen LogP contribution in [-0.2, 0) is 0 Å². The molecule has 2 aromatic rings. The highest BCUT2D eigenvalue weighted by Gasteiger charge is 2.20. The zero-order valence-corrected chi connectivity index (χ0v) is 12.1. The fourth-order valence-electron chi connectivity index (χ4n) is 2.01. The summed E-state index contributed by atoms with van der Waals surface area (Å²) in [7, 11) is 1.61. The Bertz CT molecular complexity index is 673. The Balaban J connectivity index is 2.24. The summed E-state index contributed by atoms with van der Waals surface area (Å²) in [6.45, 7) is 3.55. The van der Waals surface area contributed by atoms with Gasteiger partial charge in [0.05, 0.1) is 6.04 Å². The maximum atomic E-state index is 13.3. The molecule has 1 amide bonds. The van der Waals surface area contributed by atoms with E-state index in [9.17, 15) is 13.6 Å².